The molecular weight excluding hydrogens is 250 g/mol. The maximum absolute atomic E-state index is 11.9. The van der Waals surface area contributed by atoms with Crippen LogP contribution in [0.5, 0.6) is 0 Å². The zero-order valence-electron chi connectivity index (χ0n) is 10.1. The highest BCUT2D eigenvalue weighted by atomic mass is 32.2. The van der Waals surface area contributed by atoms with Crippen LogP contribution in [0.2, 0.25) is 0 Å². The predicted molar refractivity (Wildman–Crippen MR) is 75.7 cm³/mol. The number of carbonyl (C=O) groups excluding carboxylic acids is 1. The molecule has 1 aliphatic rings. The summed E-state index contributed by atoms with van der Waals surface area (Å²) in [5, 5.41) is 5.85. The van der Waals surface area contributed by atoms with Gasteiger partial charge in [0.05, 0.1) is 6.42 Å². The molecule has 1 amide bonds. The van der Waals surface area contributed by atoms with E-state index in [1.54, 1.807) is 11.3 Å². The molecule has 1 aromatic rings. The molecular formula is C13H19NOS2. The number of thiophene rings is 1. The van der Waals surface area contributed by atoms with E-state index in [1.165, 1.54) is 12.8 Å². The zero-order chi connectivity index (χ0) is 12.1. The fourth-order valence-electron chi connectivity index (χ4n) is 2.33. The normalized spacial score (nSPS) is 23.8. The van der Waals surface area contributed by atoms with Gasteiger partial charge in [0.25, 0.3) is 0 Å². The number of nitrogens with one attached hydrogen (secondary N) is 1. The Morgan fingerprint density at radius 2 is 2.47 bits per heavy atom. The van der Waals surface area contributed by atoms with Crippen LogP contribution in [0.15, 0.2) is 17.5 Å². The van der Waals surface area contributed by atoms with Crippen LogP contribution < -0.4 is 5.32 Å². The highest BCUT2D eigenvalue weighted by Crippen LogP contribution is 2.29. The zero-order valence-corrected chi connectivity index (χ0v) is 11.8. The maximum atomic E-state index is 11.9. The monoisotopic (exact) mass is 269 g/mol. The average Bonchev–Trinajstić information content (AvgIpc) is 2.92. The van der Waals surface area contributed by atoms with Crippen LogP contribution in [-0.4, -0.2) is 23.0 Å². The molecule has 1 heterocycles. The molecule has 0 unspecified atom stereocenters. The summed E-state index contributed by atoms with van der Waals surface area (Å²) in [5.41, 5.74) is 0. The second-order valence-electron chi connectivity index (χ2n) is 4.35. The van der Waals surface area contributed by atoms with Gasteiger partial charge in [0.1, 0.15) is 0 Å². The lowest BCUT2D eigenvalue weighted by Crippen LogP contribution is -2.39. The summed E-state index contributed by atoms with van der Waals surface area (Å²) in [6.07, 6.45) is 4.19. The number of hydrogen-bond acceptors (Lipinski definition) is 3. The lowest BCUT2D eigenvalue weighted by atomic mass is 10.2. The third-order valence-corrected chi connectivity index (χ3v) is 5.30. The summed E-state index contributed by atoms with van der Waals surface area (Å²) in [6.45, 7) is 2.19. The van der Waals surface area contributed by atoms with Crippen LogP contribution in [-0.2, 0) is 11.2 Å². The predicted octanol–water partition coefficient (Wildman–Crippen LogP) is 3.08. The van der Waals surface area contributed by atoms with Crippen molar-refractivity contribution < 1.29 is 4.79 Å². The van der Waals surface area contributed by atoms with Crippen LogP contribution >= 0.6 is 23.1 Å². The van der Waals surface area contributed by atoms with Gasteiger partial charge in [0, 0.05) is 16.2 Å². The molecule has 2 atom stereocenters. The first-order chi connectivity index (χ1) is 8.29. The Kier molecular flexibility index (Phi) is 4.92. The first-order valence-corrected chi connectivity index (χ1v) is 8.15. The van der Waals surface area contributed by atoms with Gasteiger partial charge in [0.15, 0.2) is 0 Å². The van der Waals surface area contributed by atoms with Gasteiger partial charge in [0.2, 0.25) is 5.91 Å². The van der Waals surface area contributed by atoms with E-state index in [2.05, 4.69) is 12.2 Å². The molecule has 1 N–H and O–H groups in total. The van der Waals surface area contributed by atoms with Crippen molar-refractivity contribution in [2.24, 2.45) is 0 Å². The maximum Gasteiger partial charge on any atom is 0.225 e. The van der Waals surface area contributed by atoms with Gasteiger partial charge in [-0.15, -0.1) is 11.3 Å². The van der Waals surface area contributed by atoms with Gasteiger partial charge in [-0.3, -0.25) is 4.79 Å². The molecule has 1 aromatic heterocycles. The van der Waals surface area contributed by atoms with E-state index in [-0.39, 0.29) is 5.91 Å². The number of amides is 1. The van der Waals surface area contributed by atoms with E-state index >= 15 is 0 Å². The summed E-state index contributed by atoms with van der Waals surface area (Å²) >= 11 is 3.64. The Bertz CT molecular complexity index is 350. The van der Waals surface area contributed by atoms with Crippen LogP contribution in [0.1, 0.15) is 31.1 Å². The van der Waals surface area contributed by atoms with Crippen molar-refractivity contribution in [3.63, 3.8) is 0 Å². The third-order valence-electron chi connectivity index (χ3n) is 3.09. The topological polar surface area (TPSA) is 29.1 Å². The first kappa shape index (κ1) is 13.0. The molecule has 0 radical (unpaired) electrons. The molecule has 0 aliphatic heterocycles. The van der Waals surface area contributed by atoms with Crippen molar-refractivity contribution in [1.82, 2.24) is 5.32 Å². The SMILES string of the molecule is CCS[C@H]1CCC[C@H]1NC(=O)Cc1cccs1. The Morgan fingerprint density at radius 1 is 1.59 bits per heavy atom. The van der Waals surface area contributed by atoms with Gasteiger partial charge >= 0.3 is 0 Å². The second-order valence-corrected chi connectivity index (χ2v) is 6.90. The number of carbonyl (C=O) groups is 1. The van der Waals surface area contributed by atoms with Crippen LogP contribution in [0.25, 0.3) is 0 Å². The lowest BCUT2D eigenvalue weighted by Gasteiger charge is -2.19. The van der Waals surface area contributed by atoms with E-state index in [1.807, 2.05) is 29.3 Å². The summed E-state index contributed by atoms with van der Waals surface area (Å²) in [6, 6.07) is 4.42. The van der Waals surface area contributed by atoms with Crippen molar-refractivity contribution in [3.05, 3.63) is 22.4 Å². The minimum absolute atomic E-state index is 0.182. The highest BCUT2D eigenvalue weighted by Gasteiger charge is 2.28. The van der Waals surface area contributed by atoms with Crippen molar-refractivity contribution in [3.8, 4) is 0 Å². The van der Waals surface area contributed by atoms with Crippen molar-refractivity contribution in [1.29, 1.82) is 0 Å². The number of rotatable bonds is 5. The molecule has 4 heteroatoms. The second kappa shape index (κ2) is 6.45. The molecule has 1 fully saturated rings. The minimum Gasteiger partial charge on any atom is -0.352 e. The van der Waals surface area contributed by atoms with Crippen LogP contribution in [0, 0.1) is 0 Å². The summed E-state index contributed by atoms with van der Waals surface area (Å²) in [4.78, 5) is 13.1. The Labute approximate surface area is 111 Å². The van der Waals surface area contributed by atoms with Crippen molar-refractivity contribution in [2.45, 2.75) is 43.9 Å². The lowest BCUT2D eigenvalue weighted by molar-refractivity contribution is -0.121. The molecule has 17 heavy (non-hydrogen) atoms. The van der Waals surface area contributed by atoms with Gasteiger partial charge in [-0.05, 0) is 30.0 Å². The van der Waals surface area contributed by atoms with Crippen molar-refractivity contribution in [2.75, 3.05) is 5.75 Å². The van der Waals surface area contributed by atoms with E-state index < -0.39 is 0 Å². The van der Waals surface area contributed by atoms with Gasteiger partial charge in [-0.1, -0.05) is 19.4 Å². The number of hydrogen-bond donors (Lipinski definition) is 1. The van der Waals surface area contributed by atoms with Gasteiger partial charge < -0.3 is 5.32 Å². The van der Waals surface area contributed by atoms with E-state index in [9.17, 15) is 4.79 Å². The Hall–Kier alpha value is -0.480. The fraction of sp³-hybridized carbons (Fsp3) is 0.615. The van der Waals surface area contributed by atoms with E-state index in [4.69, 9.17) is 0 Å². The molecule has 0 aromatic carbocycles. The largest absolute Gasteiger partial charge is 0.352 e. The van der Waals surface area contributed by atoms with Crippen LogP contribution in [0.3, 0.4) is 0 Å². The molecule has 0 saturated heterocycles. The first-order valence-electron chi connectivity index (χ1n) is 6.23. The summed E-state index contributed by atoms with van der Waals surface area (Å²) < 4.78 is 0. The van der Waals surface area contributed by atoms with E-state index in [0.717, 1.165) is 17.1 Å². The molecule has 0 spiro atoms. The highest BCUT2D eigenvalue weighted by molar-refractivity contribution is 7.99. The van der Waals surface area contributed by atoms with Gasteiger partial charge in [-0.25, -0.2) is 0 Å². The van der Waals surface area contributed by atoms with Crippen molar-refractivity contribution >= 4 is 29.0 Å². The standard InChI is InChI=1S/C13H19NOS2/c1-2-16-12-7-3-6-11(12)14-13(15)9-10-5-4-8-17-10/h4-5,8,11-12H,2-3,6-7,9H2,1H3,(H,14,15)/t11-,12+/m1/s1. The summed E-state index contributed by atoms with van der Waals surface area (Å²) in [5.74, 6) is 1.32. The Morgan fingerprint density at radius 3 is 3.18 bits per heavy atom. The molecule has 0 bridgehead atoms. The molecule has 2 nitrogen and oxygen atoms in total. The Balaban J connectivity index is 1.81. The minimum atomic E-state index is 0.182. The number of thioether (sulfide) groups is 1. The van der Waals surface area contributed by atoms with E-state index in [0.29, 0.717) is 17.7 Å². The van der Waals surface area contributed by atoms with Gasteiger partial charge in [-0.2, -0.15) is 11.8 Å². The average molecular weight is 269 g/mol. The molecule has 94 valence electrons. The van der Waals surface area contributed by atoms with Crippen LogP contribution in [0.4, 0.5) is 0 Å². The quantitative estimate of drug-likeness (QED) is 0.890. The fourth-order valence-corrected chi connectivity index (χ4v) is 4.24. The molecule has 1 saturated carbocycles. The smallest absolute Gasteiger partial charge is 0.225 e. The molecule has 1 aliphatic carbocycles. The molecule has 2 rings (SSSR count). The third kappa shape index (κ3) is 3.75. The summed E-state index contributed by atoms with van der Waals surface area (Å²) in [7, 11) is 0.